The second kappa shape index (κ2) is 11.6. The predicted octanol–water partition coefficient (Wildman–Crippen LogP) is 7.28. The summed E-state index contributed by atoms with van der Waals surface area (Å²) in [6, 6.07) is 23.0. The summed E-state index contributed by atoms with van der Waals surface area (Å²) in [5.74, 6) is 1.96. The molecule has 0 saturated heterocycles. The number of thioether (sulfide) groups is 1. The van der Waals surface area contributed by atoms with E-state index >= 15 is 0 Å². The van der Waals surface area contributed by atoms with Crippen LogP contribution >= 0.6 is 23.4 Å². The van der Waals surface area contributed by atoms with Gasteiger partial charge in [-0.15, -0.1) is 5.10 Å². The van der Waals surface area contributed by atoms with Crippen LogP contribution in [0.4, 0.5) is 11.6 Å². The molecule has 1 amide bonds. The smallest absolute Gasteiger partial charge is 0.255 e. The molecule has 1 aromatic heterocycles. The molecule has 0 saturated carbocycles. The summed E-state index contributed by atoms with van der Waals surface area (Å²) in [5, 5.41) is 12.5. The number of hydrogen-bond donors (Lipinski definition) is 2. The second-order valence-corrected chi connectivity index (χ2v) is 10.9. The number of nitrogens with one attached hydrogen (secondary N) is 2. The number of aromatic nitrogens is 3. The molecule has 39 heavy (non-hydrogen) atoms. The third kappa shape index (κ3) is 5.67. The van der Waals surface area contributed by atoms with E-state index in [9.17, 15) is 4.79 Å². The van der Waals surface area contributed by atoms with Crippen molar-refractivity contribution in [2.24, 2.45) is 0 Å². The highest BCUT2D eigenvalue weighted by molar-refractivity contribution is 7.98. The van der Waals surface area contributed by atoms with Gasteiger partial charge < -0.3 is 15.4 Å². The van der Waals surface area contributed by atoms with Crippen LogP contribution in [0.3, 0.4) is 0 Å². The molecule has 7 nitrogen and oxygen atoms in total. The van der Waals surface area contributed by atoms with E-state index in [1.54, 1.807) is 11.8 Å². The number of para-hydroxylation sites is 2. The Kier molecular flexibility index (Phi) is 7.95. The summed E-state index contributed by atoms with van der Waals surface area (Å²) in [4.78, 5) is 18.6. The number of fused-ring (bicyclic) bond motifs is 1. The number of allylic oxidation sites excluding steroid dienone is 1. The van der Waals surface area contributed by atoms with E-state index in [0.717, 1.165) is 11.1 Å². The van der Waals surface area contributed by atoms with Gasteiger partial charge in [0.2, 0.25) is 11.1 Å². The van der Waals surface area contributed by atoms with E-state index in [1.165, 1.54) is 17.3 Å². The Hall–Kier alpha value is -3.75. The van der Waals surface area contributed by atoms with Crippen molar-refractivity contribution in [1.29, 1.82) is 0 Å². The van der Waals surface area contributed by atoms with Gasteiger partial charge in [0.1, 0.15) is 11.8 Å². The van der Waals surface area contributed by atoms with Crippen molar-refractivity contribution in [3.63, 3.8) is 0 Å². The van der Waals surface area contributed by atoms with E-state index < -0.39 is 6.04 Å². The molecule has 0 aliphatic carbocycles. The quantitative estimate of drug-likeness (QED) is 0.221. The van der Waals surface area contributed by atoms with Crippen molar-refractivity contribution in [1.82, 2.24) is 14.8 Å². The molecule has 200 valence electrons. The average molecular weight is 560 g/mol. The maximum absolute atomic E-state index is 13.8. The van der Waals surface area contributed by atoms with Crippen molar-refractivity contribution in [3.05, 3.63) is 106 Å². The molecule has 1 atom stereocenters. The van der Waals surface area contributed by atoms with Crippen molar-refractivity contribution in [2.75, 3.05) is 17.7 Å². The highest BCUT2D eigenvalue weighted by Crippen LogP contribution is 2.38. The number of ether oxygens (including phenoxy) is 1. The third-order valence-electron chi connectivity index (χ3n) is 6.67. The number of carbonyl (C=O) groups is 1. The summed E-state index contributed by atoms with van der Waals surface area (Å²) in [6.45, 7) is 6.21. The standard InChI is InChI=1S/C30H30ClN5O2S/c1-18(2)20-13-15-21(16-14-20)27-26(28(37)33-24-11-7-8-12-25(24)38-4)19(3)32-29-34-30(35-36(27)29)39-17-22-9-5-6-10-23(22)31/h5-16,18,27H,17H2,1-4H3,(H,33,37)(H,32,34,35). The Morgan fingerprint density at radius 1 is 1.10 bits per heavy atom. The van der Waals surface area contributed by atoms with Crippen molar-refractivity contribution >= 4 is 40.9 Å². The molecule has 5 rings (SSSR count). The van der Waals surface area contributed by atoms with E-state index in [4.69, 9.17) is 26.4 Å². The van der Waals surface area contributed by atoms with Gasteiger partial charge in [-0.3, -0.25) is 4.79 Å². The number of halogens is 1. The van der Waals surface area contributed by atoms with Crippen LogP contribution in [0.2, 0.25) is 5.02 Å². The topological polar surface area (TPSA) is 81.1 Å². The van der Waals surface area contributed by atoms with Gasteiger partial charge in [-0.05, 0) is 47.7 Å². The molecule has 2 heterocycles. The minimum absolute atomic E-state index is 0.242. The maximum atomic E-state index is 13.8. The molecule has 4 aromatic rings. The van der Waals surface area contributed by atoms with Gasteiger partial charge in [0.25, 0.3) is 5.91 Å². The Morgan fingerprint density at radius 2 is 1.82 bits per heavy atom. The zero-order valence-corrected chi connectivity index (χ0v) is 23.8. The monoisotopic (exact) mass is 559 g/mol. The number of carbonyl (C=O) groups excluding carboxylic acids is 1. The number of benzene rings is 3. The van der Waals surface area contributed by atoms with Crippen LogP contribution < -0.4 is 15.4 Å². The van der Waals surface area contributed by atoms with Crippen LogP contribution in [0.25, 0.3) is 0 Å². The Labute approximate surface area is 237 Å². The van der Waals surface area contributed by atoms with Crippen molar-refractivity contribution < 1.29 is 9.53 Å². The minimum Gasteiger partial charge on any atom is -0.495 e. The molecular formula is C30H30ClN5O2S. The first-order valence-corrected chi connectivity index (χ1v) is 14.1. The van der Waals surface area contributed by atoms with E-state index in [0.29, 0.717) is 50.5 Å². The fraction of sp³-hybridized carbons (Fsp3) is 0.233. The highest BCUT2D eigenvalue weighted by atomic mass is 35.5. The van der Waals surface area contributed by atoms with Gasteiger partial charge in [-0.25, -0.2) is 4.68 Å². The van der Waals surface area contributed by atoms with Gasteiger partial charge in [0.15, 0.2) is 0 Å². The first-order chi connectivity index (χ1) is 18.9. The van der Waals surface area contributed by atoms with E-state index in [2.05, 4.69) is 48.7 Å². The number of anilines is 2. The Morgan fingerprint density at radius 3 is 2.54 bits per heavy atom. The Balaban J connectivity index is 1.51. The normalized spacial score (nSPS) is 14.7. The van der Waals surface area contributed by atoms with Crippen LogP contribution in [-0.4, -0.2) is 27.8 Å². The van der Waals surface area contributed by atoms with Gasteiger partial charge in [0, 0.05) is 16.5 Å². The molecular weight excluding hydrogens is 530 g/mol. The molecule has 1 aliphatic rings. The molecule has 0 radical (unpaired) electrons. The van der Waals surface area contributed by atoms with E-state index in [-0.39, 0.29) is 5.91 Å². The molecule has 0 bridgehead atoms. The fourth-order valence-corrected chi connectivity index (χ4v) is 5.67. The maximum Gasteiger partial charge on any atom is 0.255 e. The zero-order chi connectivity index (χ0) is 27.5. The van der Waals surface area contributed by atoms with Crippen molar-refractivity contribution in [3.8, 4) is 5.75 Å². The van der Waals surface area contributed by atoms with Crippen LogP contribution in [-0.2, 0) is 10.5 Å². The highest BCUT2D eigenvalue weighted by Gasteiger charge is 2.34. The largest absolute Gasteiger partial charge is 0.495 e. The second-order valence-electron chi connectivity index (χ2n) is 9.58. The summed E-state index contributed by atoms with van der Waals surface area (Å²) in [5.41, 5.74) is 5.04. The fourth-order valence-electron chi connectivity index (χ4n) is 4.55. The number of amides is 1. The molecule has 2 N–H and O–H groups in total. The molecule has 0 fully saturated rings. The lowest BCUT2D eigenvalue weighted by molar-refractivity contribution is -0.113. The van der Waals surface area contributed by atoms with Gasteiger partial charge in [0.05, 0.1) is 18.4 Å². The van der Waals surface area contributed by atoms with Gasteiger partial charge in [-0.2, -0.15) is 4.98 Å². The first-order valence-electron chi connectivity index (χ1n) is 12.7. The lowest BCUT2D eigenvalue weighted by Crippen LogP contribution is -2.31. The molecule has 1 aliphatic heterocycles. The zero-order valence-electron chi connectivity index (χ0n) is 22.2. The molecule has 3 aromatic carbocycles. The molecule has 9 heteroatoms. The number of methoxy groups -OCH3 is 1. The summed E-state index contributed by atoms with van der Waals surface area (Å²) < 4.78 is 7.25. The van der Waals surface area contributed by atoms with Crippen LogP contribution in [0.15, 0.2) is 89.2 Å². The average Bonchev–Trinajstić information content (AvgIpc) is 3.34. The van der Waals surface area contributed by atoms with Crippen LogP contribution in [0.1, 0.15) is 49.4 Å². The van der Waals surface area contributed by atoms with Crippen LogP contribution in [0.5, 0.6) is 5.75 Å². The van der Waals surface area contributed by atoms with E-state index in [1.807, 2.05) is 55.5 Å². The van der Waals surface area contributed by atoms with Crippen molar-refractivity contribution in [2.45, 2.75) is 43.6 Å². The first kappa shape index (κ1) is 26.8. The van der Waals surface area contributed by atoms with Crippen LogP contribution in [0, 0.1) is 0 Å². The number of rotatable bonds is 8. The third-order valence-corrected chi connectivity index (χ3v) is 7.92. The summed E-state index contributed by atoms with van der Waals surface area (Å²) >= 11 is 7.86. The Bertz CT molecular complexity index is 1530. The number of hydrogen-bond acceptors (Lipinski definition) is 6. The minimum atomic E-state index is -0.473. The van der Waals surface area contributed by atoms with Gasteiger partial charge in [-0.1, -0.05) is 91.8 Å². The number of nitrogens with zero attached hydrogens (tertiary/aromatic N) is 3. The summed E-state index contributed by atoms with van der Waals surface area (Å²) in [7, 11) is 1.58. The lowest BCUT2D eigenvalue weighted by Gasteiger charge is -2.29. The summed E-state index contributed by atoms with van der Waals surface area (Å²) in [6.07, 6.45) is 0. The SMILES string of the molecule is COc1ccccc1NC(=O)C1=C(C)Nc2nc(SCc3ccccc3Cl)nn2C1c1ccc(C(C)C)cc1. The predicted molar refractivity (Wildman–Crippen MR) is 158 cm³/mol. The van der Waals surface area contributed by atoms with Gasteiger partial charge >= 0.3 is 0 Å². The molecule has 0 spiro atoms. The lowest BCUT2D eigenvalue weighted by atomic mass is 9.92. The molecule has 1 unspecified atom stereocenters.